The smallest absolute Gasteiger partial charge is 0.254 e. The maximum atomic E-state index is 12.4. The lowest BCUT2D eigenvalue weighted by Crippen LogP contribution is -2.44. The zero-order chi connectivity index (χ0) is 13.6. The molecule has 1 aromatic rings. The van der Waals surface area contributed by atoms with Gasteiger partial charge in [0.1, 0.15) is 0 Å². The molecule has 0 radical (unpaired) electrons. The van der Waals surface area contributed by atoms with E-state index in [1.807, 2.05) is 30.5 Å². The molecule has 0 saturated carbocycles. The first kappa shape index (κ1) is 13.0. The van der Waals surface area contributed by atoms with Crippen LogP contribution in [0.2, 0.25) is 0 Å². The maximum absolute atomic E-state index is 12.4. The predicted molar refractivity (Wildman–Crippen MR) is 75.2 cm³/mol. The number of carbonyl (C=O) groups excluding carboxylic acids is 1. The summed E-state index contributed by atoms with van der Waals surface area (Å²) in [4.78, 5) is 15.2. The number of amides is 1. The van der Waals surface area contributed by atoms with E-state index in [0.717, 1.165) is 4.90 Å². The Kier molecular flexibility index (Phi) is 3.09. The van der Waals surface area contributed by atoms with Crippen LogP contribution < -0.4 is 0 Å². The second-order valence-electron chi connectivity index (χ2n) is 5.03. The van der Waals surface area contributed by atoms with Crippen LogP contribution in [-0.2, 0) is 9.84 Å². The first-order valence-corrected chi connectivity index (χ1v) is 9.12. The highest BCUT2D eigenvalue weighted by Gasteiger charge is 2.49. The number of sulfone groups is 1. The molecule has 0 aromatic heterocycles. The highest BCUT2D eigenvalue weighted by atomic mass is 32.2. The lowest BCUT2D eigenvalue weighted by Gasteiger charge is -2.26. The molecule has 2 saturated heterocycles. The molecule has 0 aliphatic carbocycles. The van der Waals surface area contributed by atoms with Gasteiger partial charge in [-0.25, -0.2) is 8.42 Å². The zero-order valence-electron chi connectivity index (χ0n) is 10.6. The molecule has 1 aromatic carbocycles. The summed E-state index contributed by atoms with van der Waals surface area (Å²) < 4.78 is 23.3. The van der Waals surface area contributed by atoms with Crippen LogP contribution in [0.5, 0.6) is 0 Å². The van der Waals surface area contributed by atoms with Gasteiger partial charge in [-0.05, 0) is 36.9 Å². The molecule has 0 N–H and O–H groups in total. The summed E-state index contributed by atoms with van der Waals surface area (Å²) in [5, 5.41) is -0.341. The number of hydrogen-bond acceptors (Lipinski definition) is 4. The monoisotopic (exact) mass is 297 g/mol. The zero-order valence-corrected chi connectivity index (χ0v) is 12.2. The van der Waals surface area contributed by atoms with Gasteiger partial charge in [0.25, 0.3) is 5.91 Å². The minimum atomic E-state index is -2.94. The van der Waals surface area contributed by atoms with E-state index in [2.05, 4.69) is 0 Å². The molecule has 2 aliphatic heterocycles. The molecule has 3 rings (SSSR count). The van der Waals surface area contributed by atoms with Crippen LogP contribution in [0.1, 0.15) is 16.8 Å². The number of nitrogens with zero attached hydrogens (tertiary/aromatic N) is 1. The summed E-state index contributed by atoms with van der Waals surface area (Å²) in [7, 11) is -2.94. The molecular weight excluding hydrogens is 282 g/mol. The van der Waals surface area contributed by atoms with E-state index in [0.29, 0.717) is 18.5 Å². The molecule has 102 valence electrons. The Hall–Kier alpha value is -1.01. The van der Waals surface area contributed by atoms with Gasteiger partial charge in [-0.2, -0.15) is 0 Å². The molecule has 2 heterocycles. The Morgan fingerprint density at radius 2 is 2.00 bits per heavy atom. The number of thioether (sulfide) groups is 1. The summed E-state index contributed by atoms with van der Waals surface area (Å²) >= 11 is 1.63. The summed E-state index contributed by atoms with van der Waals surface area (Å²) in [6.07, 6.45) is 2.60. The fraction of sp³-hybridized carbons (Fsp3) is 0.462. The molecular formula is C13H15NO3S2. The average Bonchev–Trinajstić information content (AvgIpc) is 2.93. The highest BCUT2D eigenvalue weighted by molar-refractivity contribution is 7.98. The third-order valence-electron chi connectivity index (χ3n) is 3.91. The Morgan fingerprint density at radius 1 is 1.32 bits per heavy atom. The molecule has 2 atom stereocenters. The predicted octanol–water partition coefficient (Wildman–Crippen LogP) is 1.42. The number of fused-ring (bicyclic) bond motifs is 2. The van der Waals surface area contributed by atoms with Gasteiger partial charge in [-0.1, -0.05) is 0 Å². The first-order chi connectivity index (χ1) is 9.01. The van der Waals surface area contributed by atoms with Gasteiger partial charge in [-0.15, -0.1) is 11.8 Å². The van der Waals surface area contributed by atoms with Crippen LogP contribution >= 0.6 is 11.8 Å². The molecule has 6 heteroatoms. The molecule has 0 spiro atoms. The average molecular weight is 297 g/mol. The Labute approximate surface area is 117 Å². The van der Waals surface area contributed by atoms with E-state index < -0.39 is 9.84 Å². The van der Waals surface area contributed by atoms with Crippen molar-refractivity contribution in [2.24, 2.45) is 0 Å². The third kappa shape index (κ3) is 2.17. The fourth-order valence-corrected chi connectivity index (χ4v) is 5.28. The maximum Gasteiger partial charge on any atom is 0.254 e. The van der Waals surface area contributed by atoms with E-state index in [-0.39, 0.29) is 23.0 Å². The standard InChI is InChI=1S/C13H15NO3S2/c1-18-11-4-2-9(3-5-11)13(15)14-7-12-6-10(14)8-19(12,16)17/h2-5,10,12H,6-8H2,1H3. The first-order valence-electron chi connectivity index (χ1n) is 6.18. The molecule has 2 bridgehead atoms. The Balaban J connectivity index is 1.79. The van der Waals surface area contributed by atoms with E-state index in [4.69, 9.17) is 0 Å². The third-order valence-corrected chi connectivity index (χ3v) is 6.86. The number of benzene rings is 1. The van der Waals surface area contributed by atoms with Gasteiger partial charge in [0.2, 0.25) is 0 Å². The highest BCUT2D eigenvalue weighted by Crippen LogP contribution is 2.33. The van der Waals surface area contributed by atoms with Crippen molar-refractivity contribution in [2.45, 2.75) is 22.6 Å². The van der Waals surface area contributed by atoms with Gasteiger partial charge in [0.05, 0.1) is 11.0 Å². The number of carbonyl (C=O) groups is 1. The van der Waals surface area contributed by atoms with Crippen LogP contribution in [0.25, 0.3) is 0 Å². The van der Waals surface area contributed by atoms with Crippen molar-refractivity contribution in [1.29, 1.82) is 0 Å². The number of rotatable bonds is 2. The van der Waals surface area contributed by atoms with Gasteiger partial charge in [0, 0.05) is 23.0 Å². The second kappa shape index (κ2) is 4.52. The van der Waals surface area contributed by atoms with E-state index >= 15 is 0 Å². The van der Waals surface area contributed by atoms with Crippen LogP contribution in [-0.4, -0.2) is 49.1 Å². The van der Waals surface area contributed by atoms with Crippen LogP contribution in [0.3, 0.4) is 0 Å². The van der Waals surface area contributed by atoms with Crippen LogP contribution in [0.15, 0.2) is 29.2 Å². The minimum Gasteiger partial charge on any atom is -0.333 e. The van der Waals surface area contributed by atoms with Gasteiger partial charge in [-0.3, -0.25) is 4.79 Å². The van der Waals surface area contributed by atoms with Crippen molar-refractivity contribution in [2.75, 3.05) is 18.6 Å². The quantitative estimate of drug-likeness (QED) is 0.775. The van der Waals surface area contributed by atoms with E-state index in [1.165, 1.54) is 0 Å². The van der Waals surface area contributed by atoms with E-state index in [1.54, 1.807) is 16.7 Å². The summed E-state index contributed by atoms with van der Waals surface area (Å²) in [5.74, 6) is 0.0850. The van der Waals surface area contributed by atoms with Gasteiger partial charge >= 0.3 is 0 Å². The largest absolute Gasteiger partial charge is 0.333 e. The van der Waals surface area contributed by atoms with Crippen LogP contribution in [0.4, 0.5) is 0 Å². The second-order valence-corrected chi connectivity index (χ2v) is 8.23. The lowest BCUT2D eigenvalue weighted by molar-refractivity contribution is 0.0746. The lowest BCUT2D eigenvalue weighted by atomic mass is 10.2. The van der Waals surface area contributed by atoms with Crippen molar-refractivity contribution >= 4 is 27.5 Å². The number of likely N-dealkylation sites (tertiary alicyclic amines) is 1. The van der Waals surface area contributed by atoms with E-state index in [9.17, 15) is 13.2 Å². The molecule has 1 amide bonds. The van der Waals surface area contributed by atoms with Crippen molar-refractivity contribution in [3.8, 4) is 0 Å². The van der Waals surface area contributed by atoms with Crippen molar-refractivity contribution in [3.05, 3.63) is 29.8 Å². The van der Waals surface area contributed by atoms with Crippen molar-refractivity contribution in [1.82, 2.24) is 4.90 Å². The van der Waals surface area contributed by atoms with Gasteiger partial charge in [0.15, 0.2) is 9.84 Å². The minimum absolute atomic E-state index is 0.0462. The molecule has 2 aliphatic rings. The Morgan fingerprint density at radius 3 is 2.47 bits per heavy atom. The normalized spacial score (nSPS) is 27.7. The Bertz CT molecular complexity index is 609. The summed E-state index contributed by atoms with van der Waals surface area (Å²) in [5.41, 5.74) is 0.641. The molecule has 2 fully saturated rings. The van der Waals surface area contributed by atoms with Crippen molar-refractivity contribution < 1.29 is 13.2 Å². The number of hydrogen-bond donors (Lipinski definition) is 0. The topological polar surface area (TPSA) is 54.5 Å². The molecule has 2 unspecified atom stereocenters. The molecule has 4 nitrogen and oxygen atoms in total. The summed E-state index contributed by atoms with van der Waals surface area (Å²) in [6, 6.07) is 7.35. The fourth-order valence-electron chi connectivity index (χ4n) is 2.84. The van der Waals surface area contributed by atoms with Gasteiger partial charge < -0.3 is 4.90 Å². The van der Waals surface area contributed by atoms with Crippen molar-refractivity contribution in [3.63, 3.8) is 0 Å². The molecule has 19 heavy (non-hydrogen) atoms. The summed E-state index contributed by atoms with van der Waals surface area (Å²) in [6.45, 7) is 0.357. The van der Waals surface area contributed by atoms with Crippen LogP contribution in [0, 0.1) is 0 Å². The SMILES string of the molecule is CSc1ccc(C(=O)N2CC3CC2CS3(=O)=O)cc1.